The Morgan fingerprint density at radius 1 is 1.17 bits per heavy atom. The van der Waals surface area contributed by atoms with E-state index in [0.717, 1.165) is 17.5 Å². The van der Waals surface area contributed by atoms with E-state index in [9.17, 15) is 9.59 Å². The molecule has 0 aliphatic heterocycles. The number of carboxylic acids is 1. The van der Waals surface area contributed by atoms with E-state index < -0.39 is 18.5 Å². The molecular formula is C21H23IN2O6. The number of amides is 1. The number of hydrogen-bond acceptors (Lipinski definition) is 6. The van der Waals surface area contributed by atoms with Gasteiger partial charge in [0.25, 0.3) is 5.91 Å². The highest BCUT2D eigenvalue weighted by atomic mass is 127. The van der Waals surface area contributed by atoms with Crippen molar-refractivity contribution in [1.82, 2.24) is 5.43 Å². The zero-order valence-electron chi connectivity index (χ0n) is 16.9. The van der Waals surface area contributed by atoms with Crippen molar-refractivity contribution in [2.24, 2.45) is 5.10 Å². The zero-order chi connectivity index (χ0) is 22.1. The fourth-order valence-corrected chi connectivity index (χ4v) is 3.34. The van der Waals surface area contributed by atoms with E-state index in [-0.39, 0.29) is 6.61 Å². The molecule has 0 spiro atoms. The van der Waals surface area contributed by atoms with Gasteiger partial charge in [0.05, 0.1) is 16.9 Å². The Bertz CT molecular complexity index is 945. The molecule has 8 nitrogen and oxygen atoms in total. The zero-order valence-corrected chi connectivity index (χ0v) is 19.1. The highest BCUT2D eigenvalue weighted by molar-refractivity contribution is 14.1. The number of rotatable bonds is 10. The van der Waals surface area contributed by atoms with Crippen molar-refractivity contribution < 1.29 is 28.9 Å². The Morgan fingerprint density at radius 2 is 1.93 bits per heavy atom. The molecule has 0 bridgehead atoms. The summed E-state index contributed by atoms with van der Waals surface area (Å²) < 4.78 is 16.7. The smallest absolute Gasteiger partial charge is 0.341 e. The second-order valence-electron chi connectivity index (χ2n) is 6.31. The predicted octanol–water partition coefficient (Wildman–Crippen LogP) is 3.16. The first kappa shape index (κ1) is 23.5. The average molecular weight is 526 g/mol. The molecule has 2 aromatic rings. The van der Waals surface area contributed by atoms with Gasteiger partial charge in [0.1, 0.15) is 5.75 Å². The van der Waals surface area contributed by atoms with E-state index in [1.807, 2.05) is 41.6 Å². The molecule has 0 aromatic heterocycles. The molecule has 0 saturated heterocycles. The lowest BCUT2D eigenvalue weighted by molar-refractivity contribution is -0.139. The molecule has 0 aliphatic rings. The predicted molar refractivity (Wildman–Crippen MR) is 121 cm³/mol. The lowest BCUT2D eigenvalue weighted by atomic mass is 10.1. The van der Waals surface area contributed by atoms with Gasteiger partial charge < -0.3 is 19.3 Å². The first-order chi connectivity index (χ1) is 14.3. The van der Waals surface area contributed by atoms with Gasteiger partial charge in [-0.15, -0.1) is 0 Å². The van der Waals surface area contributed by atoms with Gasteiger partial charge in [0.15, 0.2) is 24.7 Å². The van der Waals surface area contributed by atoms with Crippen LogP contribution >= 0.6 is 22.6 Å². The highest BCUT2D eigenvalue weighted by Gasteiger charge is 2.12. The number of nitrogens with zero attached hydrogens (tertiary/aromatic N) is 1. The quantitative estimate of drug-likeness (QED) is 0.280. The van der Waals surface area contributed by atoms with E-state index in [1.165, 1.54) is 13.3 Å². The number of aliphatic carboxylic acids is 1. The summed E-state index contributed by atoms with van der Waals surface area (Å²) in [6, 6.07) is 9.21. The van der Waals surface area contributed by atoms with Crippen LogP contribution < -0.4 is 19.6 Å². The molecule has 2 N–H and O–H groups in total. The van der Waals surface area contributed by atoms with Crippen LogP contribution in [-0.2, 0) is 16.0 Å². The van der Waals surface area contributed by atoms with Crippen molar-refractivity contribution >= 4 is 40.7 Å². The first-order valence-corrected chi connectivity index (χ1v) is 10.2. The summed E-state index contributed by atoms with van der Waals surface area (Å²) in [5, 5.41) is 12.7. The molecule has 2 aromatic carbocycles. The van der Waals surface area contributed by atoms with Crippen molar-refractivity contribution in [1.29, 1.82) is 0 Å². The summed E-state index contributed by atoms with van der Waals surface area (Å²) in [7, 11) is 1.45. The standard InChI is InChI=1S/C21H23IN2O6/c1-4-14-5-13(2)6-16(7-14)29-11-19(25)24-23-10-15-8-17(22)21(18(9-15)28-3)30-12-20(26)27/h5-10H,4,11-12H2,1-3H3,(H,24,25)(H,26,27)/b23-10+. The molecule has 0 radical (unpaired) electrons. The largest absolute Gasteiger partial charge is 0.493 e. The number of ether oxygens (including phenoxy) is 3. The Balaban J connectivity index is 1.95. The highest BCUT2D eigenvalue weighted by Crippen LogP contribution is 2.33. The van der Waals surface area contributed by atoms with Crippen molar-refractivity contribution in [2.45, 2.75) is 20.3 Å². The number of halogens is 1. The molecule has 2 rings (SSSR count). The fraction of sp³-hybridized carbons (Fsp3) is 0.286. The molecule has 0 unspecified atom stereocenters. The molecule has 0 aliphatic carbocycles. The minimum Gasteiger partial charge on any atom is -0.493 e. The molecule has 0 saturated carbocycles. The van der Waals surface area contributed by atoms with Gasteiger partial charge in [0, 0.05) is 0 Å². The monoisotopic (exact) mass is 526 g/mol. The number of carbonyl (C=O) groups excluding carboxylic acids is 1. The minimum absolute atomic E-state index is 0.160. The van der Waals surface area contributed by atoms with Crippen LogP contribution in [-0.4, -0.2) is 43.5 Å². The second kappa shape index (κ2) is 11.4. The SMILES string of the molecule is CCc1cc(C)cc(OCC(=O)N/N=C/c2cc(I)c(OCC(=O)O)c(OC)c2)c1. The normalized spacial score (nSPS) is 10.7. The van der Waals surface area contributed by atoms with Gasteiger partial charge in [-0.1, -0.05) is 13.0 Å². The summed E-state index contributed by atoms with van der Waals surface area (Å²) in [5.41, 5.74) is 5.27. The minimum atomic E-state index is -1.08. The van der Waals surface area contributed by atoms with Crippen LogP contribution in [0.1, 0.15) is 23.6 Å². The van der Waals surface area contributed by atoms with Gasteiger partial charge in [-0.3, -0.25) is 4.79 Å². The maximum Gasteiger partial charge on any atom is 0.341 e. The molecule has 30 heavy (non-hydrogen) atoms. The number of nitrogens with one attached hydrogen (secondary N) is 1. The average Bonchev–Trinajstić information content (AvgIpc) is 2.70. The summed E-state index contributed by atoms with van der Waals surface area (Å²) in [5.74, 6) is -0.138. The summed E-state index contributed by atoms with van der Waals surface area (Å²) >= 11 is 2.01. The Labute approximate surface area is 188 Å². The van der Waals surface area contributed by atoms with Gasteiger partial charge in [0.2, 0.25) is 0 Å². The fourth-order valence-electron chi connectivity index (χ4n) is 2.56. The van der Waals surface area contributed by atoms with Crippen molar-refractivity contribution in [2.75, 3.05) is 20.3 Å². The molecule has 0 heterocycles. The van der Waals surface area contributed by atoms with Crippen LogP contribution in [0.25, 0.3) is 0 Å². The van der Waals surface area contributed by atoms with Crippen LogP contribution in [0.5, 0.6) is 17.2 Å². The third-order valence-electron chi connectivity index (χ3n) is 3.88. The lowest BCUT2D eigenvalue weighted by Crippen LogP contribution is -2.24. The van der Waals surface area contributed by atoms with Gasteiger partial charge in [-0.2, -0.15) is 5.10 Å². The van der Waals surface area contributed by atoms with Crippen LogP contribution in [0, 0.1) is 10.5 Å². The number of hydrogen-bond donors (Lipinski definition) is 2. The van der Waals surface area contributed by atoms with E-state index in [1.54, 1.807) is 12.1 Å². The van der Waals surface area contributed by atoms with Crippen molar-refractivity contribution in [3.8, 4) is 17.2 Å². The van der Waals surface area contributed by atoms with Crippen LogP contribution in [0.4, 0.5) is 0 Å². The van der Waals surface area contributed by atoms with Gasteiger partial charge in [-0.25, -0.2) is 10.2 Å². The van der Waals surface area contributed by atoms with Crippen LogP contribution in [0.2, 0.25) is 0 Å². The number of carbonyl (C=O) groups is 2. The Morgan fingerprint density at radius 3 is 2.60 bits per heavy atom. The molecule has 0 atom stereocenters. The van der Waals surface area contributed by atoms with Gasteiger partial charge >= 0.3 is 5.97 Å². The topological polar surface area (TPSA) is 106 Å². The van der Waals surface area contributed by atoms with Crippen LogP contribution in [0.15, 0.2) is 35.4 Å². The summed E-state index contributed by atoms with van der Waals surface area (Å²) in [6.45, 7) is 3.40. The number of benzene rings is 2. The molecule has 160 valence electrons. The van der Waals surface area contributed by atoms with E-state index in [4.69, 9.17) is 19.3 Å². The van der Waals surface area contributed by atoms with Crippen molar-refractivity contribution in [3.05, 3.63) is 50.6 Å². The molecule has 0 fully saturated rings. The third kappa shape index (κ3) is 7.21. The lowest BCUT2D eigenvalue weighted by Gasteiger charge is -2.12. The number of hydrazone groups is 1. The maximum absolute atomic E-state index is 12.0. The maximum atomic E-state index is 12.0. The summed E-state index contributed by atoms with van der Waals surface area (Å²) in [4.78, 5) is 22.7. The number of carboxylic acid groups (broad SMARTS) is 1. The third-order valence-corrected chi connectivity index (χ3v) is 4.68. The Hall–Kier alpha value is -2.82. The number of aryl methyl sites for hydroxylation is 2. The van der Waals surface area contributed by atoms with E-state index in [0.29, 0.717) is 26.4 Å². The van der Waals surface area contributed by atoms with E-state index in [2.05, 4.69) is 23.5 Å². The van der Waals surface area contributed by atoms with Crippen LogP contribution in [0.3, 0.4) is 0 Å². The second-order valence-corrected chi connectivity index (χ2v) is 7.47. The molecule has 1 amide bonds. The molecule has 9 heteroatoms. The first-order valence-electron chi connectivity index (χ1n) is 9.09. The summed E-state index contributed by atoms with van der Waals surface area (Å²) in [6.07, 6.45) is 2.34. The van der Waals surface area contributed by atoms with Gasteiger partial charge in [-0.05, 0) is 76.9 Å². The van der Waals surface area contributed by atoms with E-state index >= 15 is 0 Å². The van der Waals surface area contributed by atoms with Crippen molar-refractivity contribution in [3.63, 3.8) is 0 Å². The number of methoxy groups -OCH3 is 1. The molecular weight excluding hydrogens is 503 g/mol. The Kier molecular flexibility index (Phi) is 8.90.